The highest BCUT2D eigenvalue weighted by Gasteiger charge is 2.28. The predicted octanol–water partition coefficient (Wildman–Crippen LogP) is 3.52. The second kappa shape index (κ2) is 4.73. The predicted molar refractivity (Wildman–Crippen MR) is 65.1 cm³/mol. The van der Waals surface area contributed by atoms with E-state index in [2.05, 4.69) is 5.32 Å². The van der Waals surface area contributed by atoms with Crippen molar-refractivity contribution in [2.75, 3.05) is 0 Å². The lowest BCUT2D eigenvalue weighted by Crippen LogP contribution is -2.33. The second-order valence-electron chi connectivity index (χ2n) is 5.11. The first-order valence-electron chi connectivity index (χ1n) is 6.21. The van der Waals surface area contributed by atoms with Gasteiger partial charge in [0.15, 0.2) is 0 Å². The maximum absolute atomic E-state index is 14.0. The van der Waals surface area contributed by atoms with Gasteiger partial charge in [-0.05, 0) is 38.3 Å². The van der Waals surface area contributed by atoms with E-state index in [4.69, 9.17) is 0 Å². The summed E-state index contributed by atoms with van der Waals surface area (Å²) in [4.78, 5) is 0. The SMILES string of the molecule is Cc1ccc(F)c(C(C)C(C)NC2CC2)c1F. The molecule has 1 aliphatic carbocycles. The molecular weight excluding hydrogens is 220 g/mol. The van der Waals surface area contributed by atoms with Gasteiger partial charge in [0.1, 0.15) is 11.6 Å². The van der Waals surface area contributed by atoms with Gasteiger partial charge in [-0.2, -0.15) is 0 Å². The van der Waals surface area contributed by atoms with Crippen LogP contribution in [0.25, 0.3) is 0 Å². The zero-order chi connectivity index (χ0) is 12.6. The number of rotatable bonds is 4. The summed E-state index contributed by atoms with van der Waals surface area (Å²) in [6, 6.07) is 3.48. The van der Waals surface area contributed by atoms with Crippen molar-refractivity contribution in [2.45, 2.75) is 51.6 Å². The lowest BCUT2D eigenvalue weighted by atomic mass is 9.92. The van der Waals surface area contributed by atoms with Crippen LogP contribution >= 0.6 is 0 Å². The van der Waals surface area contributed by atoms with Crippen LogP contribution in [0, 0.1) is 18.6 Å². The van der Waals surface area contributed by atoms with E-state index in [1.165, 1.54) is 25.0 Å². The van der Waals surface area contributed by atoms with Gasteiger partial charge in [-0.15, -0.1) is 0 Å². The van der Waals surface area contributed by atoms with E-state index in [1.54, 1.807) is 6.92 Å². The average Bonchev–Trinajstić information content (AvgIpc) is 3.07. The molecule has 1 aromatic carbocycles. The summed E-state index contributed by atoms with van der Waals surface area (Å²) in [6.45, 7) is 5.54. The van der Waals surface area contributed by atoms with Crippen LogP contribution in [0.15, 0.2) is 12.1 Å². The standard InChI is InChI=1S/C14H19F2N/c1-8-4-7-12(15)13(14(8)16)9(2)10(3)17-11-5-6-11/h4,7,9-11,17H,5-6H2,1-3H3. The van der Waals surface area contributed by atoms with Crippen LogP contribution in [0.2, 0.25) is 0 Å². The van der Waals surface area contributed by atoms with Crippen molar-refractivity contribution in [3.63, 3.8) is 0 Å². The zero-order valence-corrected chi connectivity index (χ0v) is 10.6. The summed E-state index contributed by atoms with van der Waals surface area (Å²) < 4.78 is 27.7. The molecule has 17 heavy (non-hydrogen) atoms. The van der Waals surface area contributed by atoms with Gasteiger partial charge in [0, 0.05) is 23.6 Å². The van der Waals surface area contributed by atoms with Crippen molar-refractivity contribution in [1.29, 1.82) is 0 Å². The quantitative estimate of drug-likeness (QED) is 0.847. The molecule has 0 saturated heterocycles. The average molecular weight is 239 g/mol. The Bertz CT molecular complexity index is 413. The summed E-state index contributed by atoms with van der Waals surface area (Å²) in [5.41, 5.74) is 0.720. The lowest BCUT2D eigenvalue weighted by molar-refractivity contribution is 0.441. The molecule has 0 aliphatic heterocycles. The first kappa shape index (κ1) is 12.5. The fraction of sp³-hybridized carbons (Fsp3) is 0.571. The molecule has 0 amide bonds. The number of hydrogen-bond donors (Lipinski definition) is 1. The van der Waals surface area contributed by atoms with Gasteiger partial charge in [0.2, 0.25) is 0 Å². The summed E-state index contributed by atoms with van der Waals surface area (Å²) in [7, 11) is 0. The molecule has 1 nitrogen and oxygen atoms in total. The molecular formula is C14H19F2N. The molecule has 1 saturated carbocycles. The topological polar surface area (TPSA) is 12.0 Å². The van der Waals surface area contributed by atoms with Crippen molar-refractivity contribution >= 4 is 0 Å². The Morgan fingerprint density at radius 1 is 1.24 bits per heavy atom. The van der Waals surface area contributed by atoms with E-state index in [0.29, 0.717) is 11.6 Å². The minimum absolute atomic E-state index is 0.0910. The summed E-state index contributed by atoms with van der Waals surface area (Å²) in [5.74, 6) is -0.998. The maximum atomic E-state index is 14.0. The van der Waals surface area contributed by atoms with Crippen molar-refractivity contribution in [2.24, 2.45) is 0 Å². The highest BCUT2D eigenvalue weighted by atomic mass is 19.1. The molecule has 3 heteroatoms. The van der Waals surface area contributed by atoms with Crippen molar-refractivity contribution in [3.05, 3.63) is 34.9 Å². The molecule has 2 atom stereocenters. The molecule has 0 spiro atoms. The monoisotopic (exact) mass is 239 g/mol. The molecule has 0 heterocycles. The van der Waals surface area contributed by atoms with Gasteiger partial charge >= 0.3 is 0 Å². The van der Waals surface area contributed by atoms with Crippen molar-refractivity contribution < 1.29 is 8.78 Å². The second-order valence-corrected chi connectivity index (χ2v) is 5.11. The minimum Gasteiger partial charge on any atom is -0.311 e. The van der Waals surface area contributed by atoms with Crippen LogP contribution in [0.3, 0.4) is 0 Å². The van der Waals surface area contributed by atoms with Gasteiger partial charge in [-0.1, -0.05) is 13.0 Å². The van der Waals surface area contributed by atoms with Crippen LogP contribution in [0.1, 0.15) is 43.7 Å². The Labute approximate surface area is 101 Å². The molecule has 0 aromatic heterocycles. The summed E-state index contributed by atoms with van der Waals surface area (Å²) in [6.07, 6.45) is 2.35. The summed E-state index contributed by atoms with van der Waals surface area (Å²) in [5, 5.41) is 3.39. The molecule has 1 aromatic rings. The Balaban J connectivity index is 2.22. The van der Waals surface area contributed by atoms with Crippen LogP contribution < -0.4 is 5.32 Å². The zero-order valence-electron chi connectivity index (χ0n) is 10.6. The fourth-order valence-corrected chi connectivity index (χ4v) is 2.11. The Kier molecular flexibility index (Phi) is 3.48. The number of halogens is 2. The molecule has 94 valence electrons. The maximum Gasteiger partial charge on any atom is 0.132 e. The van der Waals surface area contributed by atoms with Gasteiger partial charge in [-0.3, -0.25) is 0 Å². The lowest BCUT2D eigenvalue weighted by Gasteiger charge is -2.23. The highest BCUT2D eigenvalue weighted by molar-refractivity contribution is 5.30. The van der Waals surface area contributed by atoms with Crippen molar-refractivity contribution in [1.82, 2.24) is 5.32 Å². The van der Waals surface area contributed by atoms with Crippen LogP contribution in [-0.4, -0.2) is 12.1 Å². The van der Waals surface area contributed by atoms with Gasteiger partial charge in [-0.25, -0.2) is 8.78 Å². The van der Waals surface area contributed by atoms with E-state index in [0.717, 1.165) is 0 Å². The van der Waals surface area contributed by atoms with E-state index >= 15 is 0 Å². The van der Waals surface area contributed by atoms with Gasteiger partial charge in [0.05, 0.1) is 0 Å². The number of aryl methyl sites for hydroxylation is 1. The number of benzene rings is 1. The molecule has 0 radical (unpaired) electrons. The minimum atomic E-state index is -0.440. The first-order chi connectivity index (χ1) is 8.00. The van der Waals surface area contributed by atoms with Crippen molar-refractivity contribution in [3.8, 4) is 0 Å². The summed E-state index contributed by atoms with van der Waals surface area (Å²) >= 11 is 0. The smallest absolute Gasteiger partial charge is 0.132 e. The third kappa shape index (κ3) is 2.65. The molecule has 1 fully saturated rings. The van der Waals surface area contributed by atoms with Gasteiger partial charge < -0.3 is 5.32 Å². The molecule has 0 bridgehead atoms. The largest absolute Gasteiger partial charge is 0.311 e. The van der Waals surface area contributed by atoms with E-state index < -0.39 is 11.6 Å². The number of nitrogens with one attached hydrogen (secondary N) is 1. The van der Waals surface area contributed by atoms with Crippen LogP contribution in [-0.2, 0) is 0 Å². The first-order valence-corrected chi connectivity index (χ1v) is 6.21. The normalized spacial score (nSPS) is 19.1. The Morgan fingerprint density at radius 2 is 1.88 bits per heavy atom. The van der Waals surface area contributed by atoms with Gasteiger partial charge in [0.25, 0.3) is 0 Å². The fourth-order valence-electron chi connectivity index (χ4n) is 2.11. The molecule has 1 N–H and O–H groups in total. The van der Waals surface area contributed by atoms with Crippen LogP contribution in [0.4, 0.5) is 8.78 Å². The van der Waals surface area contributed by atoms with Crippen LogP contribution in [0.5, 0.6) is 0 Å². The van der Waals surface area contributed by atoms with E-state index in [1.807, 2.05) is 13.8 Å². The Hall–Kier alpha value is -0.960. The molecule has 2 unspecified atom stereocenters. The molecule has 1 aliphatic rings. The van der Waals surface area contributed by atoms with E-state index in [-0.39, 0.29) is 17.5 Å². The third-order valence-corrected chi connectivity index (χ3v) is 3.60. The number of hydrogen-bond acceptors (Lipinski definition) is 1. The Morgan fingerprint density at radius 3 is 2.47 bits per heavy atom. The highest BCUT2D eigenvalue weighted by Crippen LogP contribution is 2.29. The molecule has 2 rings (SSSR count). The third-order valence-electron chi connectivity index (χ3n) is 3.60. The van der Waals surface area contributed by atoms with E-state index in [9.17, 15) is 8.78 Å².